The summed E-state index contributed by atoms with van der Waals surface area (Å²) in [7, 11) is 0. The lowest BCUT2D eigenvalue weighted by Crippen LogP contribution is -2.46. The Labute approximate surface area is 260 Å². The number of nitrogens with one attached hydrogen (secondary N) is 1. The van der Waals surface area contributed by atoms with Crippen LogP contribution in [0.4, 0.5) is 0 Å². The molecule has 0 saturated carbocycles. The summed E-state index contributed by atoms with van der Waals surface area (Å²) in [5.41, 5.74) is 9.79. The van der Waals surface area contributed by atoms with Crippen molar-refractivity contribution >= 4 is 29.3 Å². The number of halogens is 1. The second-order valence-corrected chi connectivity index (χ2v) is 11.0. The van der Waals surface area contributed by atoms with Gasteiger partial charge in [0.05, 0.1) is 48.4 Å². The summed E-state index contributed by atoms with van der Waals surface area (Å²) in [5, 5.41) is 12.4. The molecule has 0 saturated heterocycles. The van der Waals surface area contributed by atoms with E-state index < -0.39 is 17.9 Å². The second kappa shape index (κ2) is 13.4. The fourth-order valence-corrected chi connectivity index (χ4v) is 5.47. The van der Waals surface area contributed by atoms with E-state index in [-0.39, 0.29) is 30.5 Å². The number of ether oxygens (including phenoxy) is 1. The van der Waals surface area contributed by atoms with Crippen LogP contribution in [0.15, 0.2) is 79.3 Å². The predicted molar refractivity (Wildman–Crippen MR) is 164 cm³/mol. The Morgan fingerprint density at radius 3 is 2.55 bits per heavy atom. The number of hydrogen-bond acceptors (Lipinski definition) is 6. The van der Waals surface area contributed by atoms with Crippen LogP contribution in [0.2, 0.25) is 5.02 Å². The number of rotatable bonds is 10. The van der Waals surface area contributed by atoms with Crippen molar-refractivity contribution in [1.82, 2.24) is 19.8 Å². The van der Waals surface area contributed by atoms with Gasteiger partial charge in [-0.3, -0.25) is 14.4 Å². The number of amides is 3. The highest BCUT2D eigenvalue weighted by molar-refractivity contribution is 6.30. The minimum atomic E-state index is -0.955. The molecule has 2 atom stereocenters. The zero-order chi connectivity index (χ0) is 31.2. The number of primary amides is 1. The van der Waals surface area contributed by atoms with Crippen molar-refractivity contribution in [2.45, 2.75) is 44.9 Å². The molecule has 0 bridgehead atoms. The predicted octanol–water partition coefficient (Wildman–Crippen LogP) is 4.16. The molecular formula is C33H31ClN6O4. The van der Waals surface area contributed by atoms with Gasteiger partial charge in [0, 0.05) is 43.1 Å². The largest absolute Gasteiger partial charge is 0.492 e. The number of carbonyl (C=O) groups excluding carboxylic acids is 3. The molecule has 3 aromatic carbocycles. The molecule has 5 rings (SSSR count). The Kier molecular flexibility index (Phi) is 9.26. The van der Waals surface area contributed by atoms with E-state index in [0.717, 1.165) is 16.8 Å². The second-order valence-electron chi connectivity index (χ2n) is 10.6. The van der Waals surface area contributed by atoms with Gasteiger partial charge in [-0.1, -0.05) is 48.0 Å². The Morgan fingerprint density at radius 1 is 1.14 bits per heavy atom. The number of hydrogen-bond donors (Lipinski definition) is 2. The van der Waals surface area contributed by atoms with Gasteiger partial charge in [0.15, 0.2) is 0 Å². The molecular weight excluding hydrogens is 580 g/mol. The maximum atomic E-state index is 13.5. The Hall–Kier alpha value is -5.14. The van der Waals surface area contributed by atoms with E-state index in [1.807, 2.05) is 22.8 Å². The van der Waals surface area contributed by atoms with Crippen LogP contribution in [0.1, 0.15) is 57.7 Å². The van der Waals surface area contributed by atoms with Crippen LogP contribution < -0.4 is 15.8 Å². The molecule has 10 nitrogen and oxygen atoms in total. The number of nitrogens with zero attached hydrogens (tertiary/aromatic N) is 4. The van der Waals surface area contributed by atoms with Gasteiger partial charge in [-0.2, -0.15) is 5.26 Å². The monoisotopic (exact) mass is 610 g/mol. The maximum Gasteiger partial charge on any atom is 0.255 e. The number of nitriles is 1. The topological polar surface area (TPSA) is 143 Å². The van der Waals surface area contributed by atoms with Crippen molar-refractivity contribution in [2.75, 3.05) is 6.61 Å². The van der Waals surface area contributed by atoms with Crippen molar-refractivity contribution in [3.8, 4) is 11.8 Å². The Bertz CT molecular complexity index is 1710. The van der Waals surface area contributed by atoms with E-state index in [2.05, 4.69) is 16.4 Å². The molecule has 1 aliphatic heterocycles. The summed E-state index contributed by atoms with van der Waals surface area (Å²) in [4.78, 5) is 44.8. The number of para-hydroxylation sites is 1. The summed E-state index contributed by atoms with van der Waals surface area (Å²) < 4.78 is 7.96. The molecule has 0 fully saturated rings. The number of nitrogens with two attached hydrogens (primary N) is 1. The highest BCUT2D eigenvalue weighted by Gasteiger charge is 2.33. The number of imidazole rings is 1. The van der Waals surface area contributed by atoms with E-state index in [9.17, 15) is 14.4 Å². The van der Waals surface area contributed by atoms with Crippen molar-refractivity contribution in [2.24, 2.45) is 5.73 Å². The van der Waals surface area contributed by atoms with E-state index >= 15 is 0 Å². The lowest BCUT2D eigenvalue weighted by molar-refractivity contribution is -0.132. The minimum absolute atomic E-state index is 0.138. The third-order valence-corrected chi connectivity index (χ3v) is 7.89. The van der Waals surface area contributed by atoms with Crippen LogP contribution in [0.3, 0.4) is 0 Å². The number of aromatic nitrogens is 2. The lowest BCUT2D eigenvalue weighted by Gasteiger charge is -2.36. The minimum Gasteiger partial charge on any atom is -0.492 e. The third kappa shape index (κ3) is 6.90. The molecule has 1 aliphatic rings. The van der Waals surface area contributed by atoms with Crippen molar-refractivity contribution in [1.29, 1.82) is 5.26 Å². The van der Waals surface area contributed by atoms with Gasteiger partial charge in [0.25, 0.3) is 5.91 Å². The van der Waals surface area contributed by atoms with E-state index in [1.165, 1.54) is 6.92 Å². The van der Waals surface area contributed by atoms with Gasteiger partial charge in [-0.25, -0.2) is 4.98 Å². The first-order chi connectivity index (χ1) is 21.2. The average Bonchev–Trinajstić information content (AvgIpc) is 3.46. The molecule has 44 heavy (non-hydrogen) atoms. The number of benzene rings is 3. The summed E-state index contributed by atoms with van der Waals surface area (Å²) in [6.45, 7) is 2.62. The van der Waals surface area contributed by atoms with Crippen molar-refractivity contribution in [3.05, 3.63) is 118 Å². The fourth-order valence-electron chi connectivity index (χ4n) is 5.34. The smallest absolute Gasteiger partial charge is 0.255 e. The first-order valence-corrected chi connectivity index (χ1v) is 14.5. The quantitative estimate of drug-likeness (QED) is 0.276. The van der Waals surface area contributed by atoms with Crippen LogP contribution in [0.25, 0.3) is 0 Å². The van der Waals surface area contributed by atoms with Crippen molar-refractivity contribution < 1.29 is 19.1 Å². The van der Waals surface area contributed by atoms with E-state index in [0.29, 0.717) is 41.5 Å². The molecule has 4 aromatic rings. The SMILES string of the molecule is CC(=O)N(Cc1cncn1Cc1ccc(C#N)cc1)C1CCOc2c(C(=O)NC(Cc3ccc(Cl)cc3)C(N)=O)cccc21. The third-order valence-electron chi connectivity index (χ3n) is 7.64. The average molecular weight is 611 g/mol. The van der Waals surface area contributed by atoms with Gasteiger partial charge in [-0.05, 0) is 41.5 Å². The molecule has 1 aromatic heterocycles. The molecule has 2 unspecified atom stereocenters. The molecule has 3 amide bonds. The van der Waals surface area contributed by atoms with Crippen LogP contribution in [-0.2, 0) is 29.1 Å². The first-order valence-electron chi connectivity index (χ1n) is 14.1. The van der Waals surface area contributed by atoms with Gasteiger partial charge in [0.2, 0.25) is 11.8 Å². The van der Waals surface area contributed by atoms with E-state index in [4.69, 9.17) is 27.3 Å². The first kappa shape index (κ1) is 30.3. The molecule has 11 heteroatoms. The van der Waals surface area contributed by atoms with Gasteiger partial charge < -0.3 is 25.3 Å². The lowest BCUT2D eigenvalue weighted by atomic mass is 9.95. The molecule has 224 valence electrons. The Balaban J connectivity index is 1.36. The van der Waals surface area contributed by atoms with Gasteiger partial charge in [0.1, 0.15) is 11.8 Å². The van der Waals surface area contributed by atoms with Crippen LogP contribution in [0.5, 0.6) is 5.75 Å². The van der Waals surface area contributed by atoms with Crippen molar-refractivity contribution in [3.63, 3.8) is 0 Å². The van der Waals surface area contributed by atoms with E-state index in [1.54, 1.807) is 66.0 Å². The highest BCUT2D eigenvalue weighted by atomic mass is 35.5. The standard InChI is InChI=1S/C33H31ClN6O4/c1-21(41)40(19-26-17-37-20-39(26)18-24-7-5-23(16-35)6-8-24)30-13-14-44-31-27(30)3-2-4-28(31)33(43)38-29(32(36)42)15-22-9-11-25(34)12-10-22/h2-12,17,20,29-30H,13-15,18-19H2,1H3,(H2,36,42)(H,38,43). The van der Waals surface area contributed by atoms with Crippen LogP contribution in [-0.4, -0.2) is 44.8 Å². The number of fused-ring (bicyclic) bond motifs is 1. The molecule has 0 radical (unpaired) electrons. The van der Waals surface area contributed by atoms with Crippen LogP contribution >= 0.6 is 11.6 Å². The molecule has 2 heterocycles. The summed E-state index contributed by atoms with van der Waals surface area (Å²) in [6, 6.07) is 20.3. The normalized spacial score (nSPS) is 14.4. The molecule has 0 spiro atoms. The highest BCUT2D eigenvalue weighted by Crippen LogP contribution is 2.39. The Morgan fingerprint density at radius 2 is 1.86 bits per heavy atom. The molecule has 3 N–H and O–H groups in total. The van der Waals surface area contributed by atoms with Gasteiger partial charge in [-0.15, -0.1) is 0 Å². The fraction of sp³-hybridized carbons (Fsp3) is 0.242. The molecule has 0 aliphatic carbocycles. The van der Waals surface area contributed by atoms with Gasteiger partial charge >= 0.3 is 0 Å². The maximum absolute atomic E-state index is 13.5. The zero-order valence-electron chi connectivity index (χ0n) is 24.1. The number of carbonyl (C=O) groups is 3. The van der Waals surface area contributed by atoms with Crippen LogP contribution in [0, 0.1) is 11.3 Å². The summed E-state index contributed by atoms with van der Waals surface area (Å²) >= 11 is 5.97. The summed E-state index contributed by atoms with van der Waals surface area (Å²) in [5.74, 6) is -0.943. The zero-order valence-corrected chi connectivity index (χ0v) is 24.8. The summed E-state index contributed by atoms with van der Waals surface area (Å²) in [6.07, 6.45) is 4.17.